The lowest BCUT2D eigenvalue weighted by Gasteiger charge is -2.22. The maximum atomic E-state index is 11.4. The van der Waals surface area contributed by atoms with Crippen LogP contribution in [0.4, 0.5) is 0 Å². The zero-order valence-corrected chi connectivity index (χ0v) is 17.2. The summed E-state index contributed by atoms with van der Waals surface area (Å²) in [6.45, 7) is 5.38. The van der Waals surface area contributed by atoms with Crippen LogP contribution in [0.5, 0.6) is 5.75 Å². The van der Waals surface area contributed by atoms with Gasteiger partial charge in [-0.05, 0) is 56.5 Å². The minimum absolute atomic E-state index is 0.370. The number of nitrogens with zero attached hydrogens (tertiary/aromatic N) is 2. The van der Waals surface area contributed by atoms with Crippen LogP contribution in [0.1, 0.15) is 47.1 Å². The van der Waals surface area contributed by atoms with E-state index in [1.807, 2.05) is 54.3 Å². The van der Waals surface area contributed by atoms with E-state index in [2.05, 4.69) is 18.0 Å². The second-order valence-corrected chi connectivity index (χ2v) is 7.76. The fraction of sp³-hybridized carbons (Fsp3) is 0.333. The van der Waals surface area contributed by atoms with Crippen LogP contribution in [-0.4, -0.2) is 33.5 Å². The lowest BCUT2D eigenvalue weighted by atomic mass is 10.0. The monoisotopic (exact) mass is 406 g/mol. The molecule has 1 aromatic heterocycles. The van der Waals surface area contributed by atoms with Crippen molar-refractivity contribution in [1.29, 1.82) is 0 Å². The highest BCUT2D eigenvalue weighted by molar-refractivity contribution is 5.73. The number of benzene rings is 2. The summed E-state index contributed by atoms with van der Waals surface area (Å²) in [6, 6.07) is 15.6. The van der Waals surface area contributed by atoms with Crippen molar-refractivity contribution in [2.75, 3.05) is 6.54 Å². The van der Waals surface area contributed by atoms with Crippen LogP contribution in [0, 0.1) is 13.8 Å². The number of ether oxygens (including phenoxy) is 1. The summed E-state index contributed by atoms with van der Waals surface area (Å²) in [7, 11) is 0. The summed E-state index contributed by atoms with van der Waals surface area (Å²) >= 11 is 0. The zero-order chi connectivity index (χ0) is 21.1. The van der Waals surface area contributed by atoms with Gasteiger partial charge in [-0.1, -0.05) is 36.4 Å². The van der Waals surface area contributed by atoms with Gasteiger partial charge in [-0.25, -0.2) is 4.98 Å². The molecule has 156 valence electrons. The molecule has 30 heavy (non-hydrogen) atoms. The number of rotatable bonds is 7. The number of oxazole rings is 1. The molecule has 0 spiro atoms. The molecular weight excluding hydrogens is 380 g/mol. The van der Waals surface area contributed by atoms with Crippen molar-refractivity contribution in [3.8, 4) is 5.75 Å². The predicted octanol–water partition coefficient (Wildman–Crippen LogP) is 4.51. The van der Waals surface area contributed by atoms with Gasteiger partial charge in [0, 0.05) is 12.1 Å². The molecule has 4 rings (SSSR count). The maximum Gasteiger partial charge on any atom is 0.320 e. The summed E-state index contributed by atoms with van der Waals surface area (Å²) in [6.07, 6.45) is 2.71. The standard InChI is InChI=1S/C24H26N2O4/c1-16-6-3-4-7-20(16)23(22-17(2)29-15-25-22)30-19-11-9-18(10-12-19)14-26-13-5-8-21(26)24(27)28/h3-4,6-7,9-12,15,21,23H,5,8,13-14H2,1-2H3,(H,27,28). The molecule has 0 amide bonds. The van der Waals surface area contributed by atoms with E-state index in [9.17, 15) is 9.90 Å². The summed E-state index contributed by atoms with van der Waals surface area (Å²) in [5.41, 5.74) is 3.99. The van der Waals surface area contributed by atoms with E-state index >= 15 is 0 Å². The fourth-order valence-electron chi connectivity index (χ4n) is 4.05. The zero-order valence-electron chi connectivity index (χ0n) is 17.2. The average molecular weight is 406 g/mol. The summed E-state index contributed by atoms with van der Waals surface area (Å²) in [4.78, 5) is 17.8. The Balaban J connectivity index is 1.53. The predicted molar refractivity (Wildman–Crippen MR) is 112 cm³/mol. The van der Waals surface area contributed by atoms with Crippen molar-refractivity contribution in [2.24, 2.45) is 0 Å². The summed E-state index contributed by atoms with van der Waals surface area (Å²) < 4.78 is 11.8. The van der Waals surface area contributed by atoms with Gasteiger partial charge in [0.15, 0.2) is 12.5 Å². The van der Waals surface area contributed by atoms with Crippen LogP contribution in [-0.2, 0) is 11.3 Å². The Morgan fingerprint density at radius 1 is 1.23 bits per heavy atom. The third-order valence-corrected chi connectivity index (χ3v) is 5.71. The molecule has 6 heteroatoms. The fourth-order valence-corrected chi connectivity index (χ4v) is 4.05. The third-order valence-electron chi connectivity index (χ3n) is 5.71. The molecule has 3 aromatic rings. The highest BCUT2D eigenvalue weighted by Crippen LogP contribution is 2.31. The molecule has 0 radical (unpaired) electrons. The van der Waals surface area contributed by atoms with Crippen molar-refractivity contribution in [3.63, 3.8) is 0 Å². The largest absolute Gasteiger partial charge is 0.480 e. The molecule has 2 unspecified atom stereocenters. The maximum absolute atomic E-state index is 11.4. The first-order valence-electron chi connectivity index (χ1n) is 10.2. The van der Waals surface area contributed by atoms with Gasteiger partial charge in [0.05, 0.1) is 0 Å². The number of hydrogen-bond donors (Lipinski definition) is 1. The van der Waals surface area contributed by atoms with Crippen LogP contribution in [0.15, 0.2) is 59.3 Å². The molecule has 0 saturated carbocycles. The van der Waals surface area contributed by atoms with Gasteiger partial charge >= 0.3 is 5.97 Å². The second kappa shape index (κ2) is 8.71. The molecule has 0 aliphatic carbocycles. The quantitative estimate of drug-likeness (QED) is 0.622. The third kappa shape index (κ3) is 4.24. The molecule has 1 N–H and O–H groups in total. The van der Waals surface area contributed by atoms with Crippen molar-refractivity contribution >= 4 is 5.97 Å². The van der Waals surface area contributed by atoms with E-state index in [1.54, 1.807) is 0 Å². The van der Waals surface area contributed by atoms with Gasteiger partial charge in [0.2, 0.25) is 0 Å². The second-order valence-electron chi connectivity index (χ2n) is 7.76. The van der Waals surface area contributed by atoms with Gasteiger partial charge < -0.3 is 14.3 Å². The Bertz CT molecular complexity index is 1010. The van der Waals surface area contributed by atoms with E-state index in [0.717, 1.165) is 46.9 Å². The Labute approximate surface area is 176 Å². The minimum Gasteiger partial charge on any atom is -0.480 e. The van der Waals surface area contributed by atoms with Gasteiger partial charge in [-0.2, -0.15) is 0 Å². The molecule has 2 atom stereocenters. The molecule has 1 saturated heterocycles. The summed E-state index contributed by atoms with van der Waals surface area (Å²) in [5.74, 6) is 0.718. The minimum atomic E-state index is -0.739. The Morgan fingerprint density at radius 3 is 2.67 bits per heavy atom. The highest BCUT2D eigenvalue weighted by Gasteiger charge is 2.30. The van der Waals surface area contributed by atoms with Crippen LogP contribution in [0.2, 0.25) is 0 Å². The van der Waals surface area contributed by atoms with Crippen LogP contribution in [0.25, 0.3) is 0 Å². The van der Waals surface area contributed by atoms with Crippen molar-refractivity contribution in [2.45, 2.75) is 45.4 Å². The Morgan fingerprint density at radius 2 is 2.00 bits per heavy atom. The number of aromatic nitrogens is 1. The van der Waals surface area contributed by atoms with Crippen LogP contribution < -0.4 is 4.74 Å². The molecule has 1 fully saturated rings. The van der Waals surface area contributed by atoms with Crippen LogP contribution >= 0.6 is 0 Å². The number of likely N-dealkylation sites (tertiary alicyclic amines) is 1. The average Bonchev–Trinajstić information content (AvgIpc) is 3.37. The lowest BCUT2D eigenvalue weighted by Crippen LogP contribution is -2.35. The van der Waals surface area contributed by atoms with E-state index in [0.29, 0.717) is 13.0 Å². The first-order valence-corrected chi connectivity index (χ1v) is 10.2. The number of carbonyl (C=O) groups is 1. The topological polar surface area (TPSA) is 75.8 Å². The molecule has 0 bridgehead atoms. The number of carboxylic acids is 1. The number of carboxylic acid groups (broad SMARTS) is 1. The Hall–Kier alpha value is -3.12. The highest BCUT2D eigenvalue weighted by atomic mass is 16.5. The molecule has 6 nitrogen and oxygen atoms in total. The van der Waals surface area contributed by atoms with E-state index in [4.69, 9.17) is 9.15 Å². The van der Waals surface area contributed by atoms with Crippen molar-refractivity contribution in [1.82, 2.24) is 9.88 Å². The number of aliphatic carboxylic acids is 1. The van der Waals surface area contributed by atoms with E-state index in [-0.39, 0.29) is 12.1 Å². The van der Waals surface area contributed by atoms with Crippen molar-refractivity contribution in [3.05, 3.63) is 83.1 Å². The smallest absolute Gasteiger partial charge is 0.320 e. The normalized spacial score (nSPS) is 17.7. The lowest BCUT2D eigenvalue weighted by molar-refractivity contribution is -0.142. The molecule has 2 heterocycles. The molecule has 1 aliphatic heterocycles. The van der Waals surface area contributed by atoms with Crippen LogP contribution in [0.3, 0.4) is 0 Å². The van der Waals surface area contributed by atoms with E-state index in [1.165, 1.54) is 6.39 Å². The molecule has 1 aliphatic rings. The first-order chi connectivity index (χ1) is 14.5. The molecule has 2 aromatic carbocycles. The van der Waals surface area contributed by atoms with Crippen molar-refractivity contribution < 1.29 is 19.1 Å². The summed E-state index contributed by atoms with van der Waals surface area (Å²) in [5, 5.41) is 9.37. The Kier molecular flexibility index (Phi) is 5.86. The number of aryl methyl sites for hydroxylation is 2. The van der Waals surface area contributed by atoms with E-state index < -0.39 is 5.97 Å². The van der Waals surface area contributed by atoms with Gasteiger partial charge in [0.1, 0.15) is 23.2 Å². The molecular formula is C24H26N2O4. The first kappa shape index (κ1) is 20.2. The van der Waals surface area contributed by atoms with Gasteiger partial charge in [0.25, 0.3) is 0 Å². The SMILES string of the molecule is Cc1ccccc1C(Oc1ccc(CN2CCCC2C(=O)O)cc1)c1ncoc1C. The number of hydrogen-bond acceptors (Lipinski definition) is 5. The van der Waals surface area contributed by atoms with Gasteiger partial charge in [-0.15, -0.1) is 0 Å². The van der Waals surface area contributed by atoms with Gasteiger partial charge in [-0.3, -0.25) is 9.69 Å².